The Morgan fingerprint density at radius 2 is 1.87 bits per heavy atom. The molecule has 0 spiro atoms. The number of alkyl carbamates (subject to hydrolysis) is 1. The third-order valence-corrected chi connectivity index (χ3v) is 8.54. The molecule has 2 atom stereocenters. The van der Waals surface area contributed by atoms with E-state index in [0.29, 0.717) is 0 Å². The lowest BCUT2D eigenvalue weighted by atomic mass is 10.1. The first kappa shape index (κ1) is 28.9. The average Bonchev–Trinajstić information content (AvgIpc) is 3.33. The van der Waals surface area contributed by atoms with Gasteiger partial charge in [-0.1, -0.05) is 36.4 Å². The maximum absolute atomic E-state index is 12.5. The highest BCUT2D eigenvalue weighted by Gasteiger charge is 2.24. The van der Waals surface area contributed by atoms with Crippen molar-refractivity contribution in [2.45, 2.75) is 57.4 Å². The Morgan fingerprint density at radius 3 is 2.71 bits per heavy atom. The highest BCUT2D eigenvalue weighted by Crippen LogP contribution is 2.34. The number of hydrogen-bond acceptors (Lipinski definition) is 8. The molecule has 0 radical (unpaired) electrons. The van der Waals surface area contributed by atoms with Gasteiger partial charge in [-0.3, -0.25) is 9.97 Å². The largest absolute Gasteiger partial charge is 0.445 e. The van der Waals surface area contributed by atoms with Gasteiger partial charge in [0.25, 0.3) is 0 Å². The second kappa shape index (κ2) is 13.4. The van der Waals surface area contributed by atoms with E-state index in [0.717, 1.165) is 103 Å². The SMILES string of the molecule is O=C(N[C@H]1CCCN(c2cccc(-c3nn(C4CCCCO4)c4cnc(-c5cccnc5)cc34)n2)CC1)OCc1ccccc1. The van der Waals surface area contributed by atoms with Crippen LogP contribution in [0.3, 0.4) is 0 Å². The van der Waals surface area contributed by atoms with E-state index in [4.69, 9.17) is 24.5 Å². The molecule has 0 aliphatic carbocycles. The van der Waals surface area contributed by atoms with Crippen LogP contribution in [0.2, 0.25) is 0 Å². The van der Waals surface area contributed by atoms with Crippen molar-refractivity contribution in [3.8, 4) is 22.6 Å². The highest BCUT2D eigenvalue weighted by molar-refractivity contribution is 5.94. The van der Waals surface area contributed by atoms with Crippen LogP contribution in [-0.4, -0.2) is 56.6 Å². The van der Waals surface area contributed by atoms with Crippen LogP contribution in [0.1, 0.15) is 50.3 Å². The van der Waals surface area contributed by atoms with Crippen molar-refractivity contribution in [2.24, 2.45) is 0 Å². The maximum atomic E-state index is 12.5. The number of nitrogens with one attached hydrogen (secondary N) is 1. The normalized spacial score (nSPS) is 18.8. The summed E-state index contributed by atoms with van der Waals surface area (Å²) in [5.74, 6) is 0.901. The van der Waals surface area contributed by atoms with Gasteiger partial charge in [0, 0.05) is 49.1 Å². The zero-order valence-electron chi connectivity index (χ0n) is 25.2. The Labute approximate surface area is 262 Å². The molecule has 1 aromatic carbocycles. The van der Waals surface area contributed by atoms with Crippen molar-refractivity contribution in [2.75, 3.05) is 24.6 Å². The van der Waals surface area contributed by atoms with Crippen LogP contribution < -0.4 is 10.2 Å². The van der Waals surface area contributed by atoms with Crippen LogP contribution in [0, 0.1) is 0 Å². The molecule has 2 saturated heterocycles. The van der Waals surface area contributed by atoms with Gasteiger partial charge in [-0.2, -0.15) is 5.10 Å². The summed E-state index contributed by atoms with van der Waals surface area (Å²) in [6.45, 7) is 2.62. The van der Waals surface area contributed by atoms with Crippen molar-refractivity contribution in [3.63, 3.8) is 0 Å². The highest BCUT2D eigenvalue weighted by atomic mass is 16.5. The molecule has 1 N–H and O–H groups in total. The van der Waals surface area contributed by atoms with Gasteiger partial charge in [-0.15, -0.1) is 0 Å². The van der Waals surface area contributed by atoms with Gasteiger partial charge in [-0.25, -0.2) is 14.5 Å². The van der Waals surface area contributed by atoms with E-state index in [1.165, 1.54) is 0 Å². The maximum Gasteiger partial charge on any atom is 0.407 e. The molecule has 0 saturated carbocycles. The van der Waals surface area contributed by atoms with Crippen LogP contribution in [0.15, 0.2) is 85.3 Å². The Balaban J connectivity index is 1.11. The van der Waals surface area contributed by atoms with Gasteiger partial charge in [-0.05, 0) is 74.4 Å². The summed E-state index contributed by atoms with van der Waals surface area (Å²) < 4.78 is 13.6. The Kier molecular flexibility index (Phi) is 8.63. The number of carbonyl (C=O) groups is 1. The van der Waals surface area contributed by atoms with Crippen molar-refractivity contribution < 1.29 is 14.3 Å². The number of rotatable bonds is 7. The zero-order valence-corrected chi connectivity index (χ0v) is 25.2. The summed E-state index contributed by atoms with van der Waals surface area (Å²) in [5, 5.41) is 9.15. The Morgan fingerprint density at radius 1 is 0.933 bits per heavy atom. The minimum Gasteiger partial charge on any atom is -0.445 e. The molecule has 2 aliphatic heterocycles. The molecule has 4 aromatic heterocycles. The number of ether oxygens (including phenoxy) is 2. The first-order valence-electron chi connectivity index (χ1n) is 15.8. The molecule has 1 unspecified atom stereocenters. The van der Waals surface area contributed by atoms with E-state index in [1.807, 2.05) is 71.7 Å². The molecule has 1 amide bonds. The molecular weight excluding hydrogens is 566 g/mol. The first-order chi connectivity index (χ1) is 22.2. The zero-order chi connectivity index (χ0) is 30.4. The summed E-state index contributed by atoms with van der Waals surface area (Å²) >= 11 is 0. The van der Waals surface area contributed by atoms with Crippen molar-refractivity contribution in [1.29, 1.82) is 0 Å². The number of benzene rings is 1. The fourth-order valence-corrected chi connectivity index (χ4v) is 6.17. The molecule has 10 heteroatoms. The first-order valence-corrected chi connectivity index (χ1v) is 15.8. The van der Waals surface area contributed by atoms with E-state index in [9.17, 15) is 4.79 Å². The number of carbonyl (C=O) groups excluding carboxylic acids is 1. The van der Waals surface area contributed by atoms with E-state index >= 15 is 0 Å². The Hall–Kier alpha value is -4.83. The standard InChI is InChI=1S/C35H37N7O3/c43-35(45-24-25-9-2-1-3-10-25)38-27-12-8-18-41(19-16-27)32-14-6-13-29(39-32)34-28-21-30(26-11-7-17-36-22-26)37-23-31(28)42(40-34)33-15-4-5-20-44-33/h1-3,6-7,9-11,13-14,17,21-23,27,33H,4-5,8,12,15-16,18-20,24H2,(H,38,43)/t27-,33?/m0/s1. The van der Waals surface area contributed by atoms with Crippen molar-refractivity contribution >= 4 is 22.8 Å². The monoisotopic (exact) mass is 603 g/mol. The molecule has 2 aliphatic rings. The molecular formula is C35H37N7O3. The van der Waals surface area contributed by atoms with Crippen LogP contribution in [0.4, 0.5) is 10.6 Å². The van der Waals surface area contributed by atoms with Crippen LogP contribution in [0.25, 0.3) is 33.5 Å². The topological polar surface area (TPSA) is 107 Å². The lowest BCUT2D eigenvalue weighted by Crippen LogP contribution is -2.36. The predicted molar refractivity (Wildman–Crippen MR) is 172 cm³/mol. The van der Waals surface area contributed by atoms with Gasteiger partial charge in [0.1, 0.15) is 18.1 Å². The van der Waals surface area contributed by atoms with Crippen LogP contribution in [0.5, 0.6) is 0 Å². The number of amides is 1. The third-order valence-electron chi connectivity index (χ3n) is 8.54. The fraction of sp³-hybridized carbons (Fsp3) is 0.343. The molecule has 230 valence electrons. The molecule has 45 heavy (non-hydrogen) atoms. The van der Waals surface area contributed by atoms with Crippen molar-refractivity contribution in [1.82, 2.24) is 30.0 Å². The second-order valence-electron chi connectivity index (χ2n) is 11.6. The summed E-state index contributed by atoms with van der Waals surface area (Å²) in [6, 6.07) is 21.9. The fourth-order valence-electron chi connectivity index (χ4n) is 6.17. The number of fused-ring (bicyclic) bond motifs is 1. The number of nitrogens with zero attached hydrogens (tertiary/aromatic N) is 6. The smallest absolute Gasteiger partial charge is 0.407 e. The summed E-state index contributed by atoms with van der Waals surface area (Å²) in [5.41, 5.74) is 5.30. The number of hydrogen-bond donors (Lipinski definition) is 1. The minimum atomic E-state index is -0.373. The van der Waals surface area contributed by atoms with E-state index in [2.05, 4.69) is 27.3 Å². The molecule has 7 rings (SSSR count). The van der Waals surface area contributed by atoms with Gasteiger partial charge in [0.2, 0.25) is 0 Å². The predicted octanol–water partition coefficient (Wildman–Crippen LogP) is 6.54. The van der Waals surface area contributed by atoms with Gasteiger partial charge >= 0.3 is 6.09 Å². The van der Waals surface area contributed by atoms with Crippen molar-refractivity contribution in [3.05, 3.63) is 90.9 Å². The van der Waals surface area contributed by atoms with Gasteiger partial charge < -0.3 is 19.7 Å². The summed E-state index contributed by atoms with van der Waals surface area (Å²) in [6.07, 6.45) is 10.7. The minimum absolute atomic E-state index is 0.0509. The lowest BCUT2D eigenvalue weighted by molar-refractivity contribution is -0.0365. The van der Waals surface area contributed by atoms with Gasteiger partial charge in [0.15, 0.2) is 6.23 Å². The number of pyridine rings is 3. The Bertz CT molecular complexity index is 1740. The molecule has 2 fully saturated rings. The van der Waals surface area contributed by atoms with E-state index < -0.39 is 0 Å². The molecule has 5 aromatic rings. The number of aromatic nitrogens is 5. The molecule has 6 heterocycles. The van der Waals surface area contributed by atoms with E-state index in [-0.39, 0.29) is 25.0 Å². The van der Waals surface area contributed by atoms with Gasteiger partial charge in [0.05, 0.1) is 23.1 Å². The van der Waals surface area contributed by atoms with Crippen LogP contribution >= 0.6 is 0 Å². The number of anilines is 1. The summed E-state index contributed by atoms with van der Waals surface area (Å²) in [7, 11) is 0. The lowest BCUT2D eigenvalue weighted by Gasteiger charge is -2.23. The molecule has 10 nitrogen and oxygen atoms in total. The average molecular weight is 604 g/mol. The van der Waals surface area contributed by atoms with E-state index in [1.54, 1.807) is 6.20 Å². The summed E-state index contributed by atoms with van der Waals surface area (Å²) in [4.78, 5) is 29.0. The third kappa shape index (κ3) is 6.66. The second-order valence-corrected chi connectivity index (χ2v) is 11.6. The van der Waals surface area contributed by atoms with Crippen LogP contribution in [-0.2, 0) is 16.1 Å². The quantitative estimate of drug-likeness (QED) is 0.224. The molecule has 0 bridgehead atoms.